The van der Waals surface area contributed by atoms with Crippen LogP contribution >= 0.6 is 27.3 Å². The molecule has 2 aromatic rings. The highest BCUT2D eigenvalue weighted by atomic mass is 79.9. The van der Waals surface area contributed by atoms with Crippen molar-refractivity contribution < 1.29 is 9.84 Å². The molecule has 2 nitrogen and oxygen atoms in total. The van der Waals surface area contributed by atoms with Gasteiger partial charge in [0, 0.05) is 4.47 Å². The SMILES string of the molecule is Cc1cc([C@@H](C)O)ccc1OCc1sccc1Br. The average molecular weight is 327 g/mol. The highest BCUT2D eigenvalue weighted by molar-refractivity contribution is 9.10. The van der Waals surface area contributed by atoms with Crippen molar-refractivity contribution in [2.75, 3.05) is 0 Å². The molecule has 0 saturated carbocycles. The van der Waals surface area contributed by atoms with E-state index in [-0.39, 0.29) is 0 Å². The summed E-state index contributed by atoms with van der Waals surface area (Å²) in [6.45, 7) is 4.32. The molecule has 0 fully saturated rings. The molecule has 1 aromatic heterocycles. The van der Waals surface area contributed by atoms with Gasteiger partial charge in [0.05, 0.1) is 11.0 Å². The highest BCUT2D eigenvalue weighted by Crippen LogP contribution is 2.27. The minimum atomic E-state index is -0.441. The van der Waals surface area contributed by atoms with Crippen LogP contribution < -0.4 is 4.74 Å². The summed E-state index contributed by atoms with van der Waals surface area (Å²) in [4.78, 5) is 1.18. The van der Waals surface area contributed by atoms with Crippen LogP contribution in [0.5, 0.6) is 5.75 Å². The summed E-state index contributed by atoms with van der Waals surface area (Å²) in [5.74, 6) is 0.861. The quantitative estimate of drug-likeness (QED) is 0.899. The fourth-order valence-corrected chi connectivity index (χ4v) is 3.04. The number of rotatable bonds is 4. The molecule has 2 rings (SSSR count). The largest absolute Gasteiger partial charge is 0.488 e. The van der Waals surface area contributed by atoms with E-state index < -0.39 is 6.10 Å². The lowest BCUT2D eigenvalue weighted by molar-refractivity contribution is 0.199. The number of halogens is 1. The Morgan fingerprint density at radius 3 is 2.72 bits per heavy atom. The Morgan fingerprint density at radius 1 is 1.39 bits per heavy atom. The van der Waals surface area contributed by atoms with Gasteiger partial charge in [-0.1, -0.05) is 6.07 Å². The van der Waals surface area contributed by atoms with Crippen LogP contribution in [0.15, 0.2) is 34.1 Å². The number of ether oxygens (including phenoxy) is 1. The van der Waals surface area contributed by atoms with Crippen LogP contribution in [0, 0.1) is 6.92 Å². The Morgan fingerprint density at radius 2 is 2.17 bits per heavy atom. The van der Waals surface area contributed by atoms with Gasteiger partial charge < -0.3 is 9.84 Å². The van der Waals surface area contributed by atoms with Crippen molar-refractivity contribution in [1.29, 1.82) is 0 Å². The number of aryl methyl sites for hydroxylation is 1. The molecule has 18 heavy (non-hydrogen) atoms. The van der Waals surface area contributed by atoms with Crippen LogP contribution in [0.25, 0.3) is 0 Å². The van der Waals surface area contributed by atoms with Crippen LogP contribution in [-0.4, -0.2) is 5.11 Å². The molecule has 96 valence electrons. The van der Waals surface area contributed by atoms with Gasteiger partial charge in [-0.2, -0.15) is 0 Å². The highest BCUT2D eigenvalue weighted by Gasteiger charge is 2.07. The third-order valence-electron chi connectivity index (χ3n) is 2.73. The molecule has 1 atom stereocenters. The van der Waals surface area contributed by atoms with Crippen LogP contribution in [0.4, 0.5) is 0 Å². The van der Waals surface area contributed by atoms with Gasteiger partial charge >= 0.3 is 0 Å². The average Bonchev–Trinajstić information content (AvgIpc) is 2.73. The third kappa shape index (κ3) is 3.13. The van der Waals surface area contributed by atoms with Gasteiger partial charge in [-0.3, -0.25) is 0 Å². The van der Waals surface area contributed by atoms with Gasteiger partial charge in [-0.15, -0.1) is 11.3 Å². The molecule has 0 radical (unpaired) electrons. The summed E-state index contributed by atoms with van der Waals surface area (Å²) in [6.07, 6.45) is -0.441. The fourth-order valence-electron chi connectivity index (χ4n) is 1.67. The zero-order chi connectivity index (χ0) is 13.1. The molecule has 0 saturated heterocycles. The summed E-state index contributed by atoms with van der Waals surface area (Å²) in [5.41, 5.74) is 1.96. The second-order valence-electron chi connectivity index (χ2n) is 4.18. The van der Waals surface area contributed by atoms with Crippen LogP contribution in [0.1, 0.15) is 29.0 Å². The van der Waals surface area contributed by atoms with Crippen molar-refractivity contribution in [1.82, 2.24) is 0 Å². The van der Waals surface area contributed by atoms with E-state index in [9.17, 15) is 5.11 Å². The lowest BCUT2D eigenvalue weighted by atomic mass is 10.1. The number of hydrogen-bond acceptors (Lipinski definition) is 3. The summed E-state index contributed by atoms with van der Waals surface area (Å²) < 4.78 is 6.88. The van der Waals surface area contributed by atoms with E-state index in [0.717, 1.165) is 21.3 Å². The maximum atomic E-state index is 9.51. The molecule has 1 aromatic carbocycles. The van der Waals surface area contributed by atoms with Crippen molar-refractivity contribution in [3.63, 3.8) is 0 Å². The summed E-state index contributed by atoms with van der Waals surface area (Å²) in [6, 6.07) is 7.80. The molecule has 0 unspecified atom stereocenters. The molecule has 0 bridgehead atoms. The summed E-state index contributed by atoms with van der Waals surface area (Å²) >= 11 is 5.16. The Kier molecular flexibility index (Phi) is 4.43. The molecule has 4 heteroatoms. The van der Waals surface area contributed by atoms with E-state index in [0.29, 0.717) is 6.61 Å². The smallest absolute Gasteiger partial charge is 0.124 e. The maximum Gasteiger partial charge on any atom is 0.124 e. The van der Waals surface area contributed by atoms with Gasteiger partial charge in [0.1, 0.15) is 12.4 Å². The molecule has 1 N–H and O–H groups in total. The van der Waals surface area contributed by atoms with Crippen molar-refractivity contribution in [2.24, 2.45) is 0 Å². The lowest BCUT2D eigenvalue weighted by Crippen LogP contribution is -1.98. The van der Waals surface area contributed by atoms with Crippen molar-refractivity contribution in [3.05, 3.63) is 50.1 Å². The molecule has 0 aliphatic carbocycles. The molecular formula is C14H15BrO2S. The Labute approximate surface area is 119 Å². The zero-order valence-electron chi connectivity index (χ0n) is 10.3. The maximum absolute atomic E-state index is 9.51. The first-order chi connectivity index (χ1) is 8.58. The predicted octanol–water partition coefficient (Wildman–Crippen LogP) is 4.45. The molecule has 0 aliphatic heterocycles. The fraction of sp³-hybridized carbons (Fsp3) is 0.286. The van der Waals surface area contributed by atoms with Crippen LogP contribution in [0.2, 0.25) is 0 Å². The summed E-state index contributed by atoms with van der Waals surface area (Å²) in [7, 11) is 0. The van der Waals surface area contributed by atoms with Gasteiger partial charge in [-0.05, 0) is 64.5 Å². The third-order valence-corrected chi connectivity index (χ3v) is 4.63. The first kappa shape index (κ1) is 13.6. The van der Waals surface area contributed by atoms with E-state index in [1.807, 2.05) is 36.6 Å². The van der Waals surface area contributed by atoms with Gasteiger partial charge in [0.2, 0.25) is 0 Å². The second kappa shape index (κ2) is 5.87. The minimum absolute atomic E-state index is 0.441. The molecule has 0 aliphatic rings. The van der Waals surface area contributed by atoms with Gasteiger partial charge in [0.25, 0.3) is 0 Å². The monoisotopic (exact) mass is 326 g/mol. The van der Waals surface area contributed by atoms with E-state index >= 15 is 0 Å². The number of thiophene rings is 1. The van der Waals surface area contributed by atoms with Crippen molar-refractivity contribution in [3.8, 4) is 5.75 Å². The Bertz CT molecular complexity index is 534. The van der Waals surface area contributed by atoms with Crippen molar-refractivity contribution in [2.45, 2.75) is 26.6 Å². The molecular weight excluding hydrogens is 312 g/mol. The van der Waals surface area contributed by atoms with Gasteiger partial charge in [0.15, 0.2) is 0 Å². The van der Waals surface area contributed by atoms with Crippen LogP contribution in [-0.2, 0) is 6.61 Å². The minimum Gasteiger partial charge on any atom is -0.488 e. The topological polar surface area (TPSA) is 29.5 Å². The van der Waals surface area contributed by atoms with E-state index in [4.69, 9.17) is 4.74 Å². The Balaban J connectivity index is 2.08. The van der Waals surface area contributed by atoms with Crippen molar-refractivity contribution >= 4 is 27.3 Å². The molecule has 0 amide bonds. The zero-order valence-corrected chi connectivity index (χ0v) is 12.7. The standard InChI is InChI=1S/C14H15BrO2S/c1-9-7-11(10(2)16)3-4-13(9)17-8-14-12(15)5-6-18-14/h3-7,10,16H,8H2,1-2H3/t10-/m1/s1. The first-order valence-corrected chi connectivity index (χ1v) is 7.38. The van der Waals surface area contributed by atoms with Gasteiger partial charge in [-0.25, -0.2) is 0 Å². The van der Waals surface area contributed by atoms with E-state index in [1.165, 1.54) is 4.88 Å². The van der Waals surface area contributed by atoms with Crippen LogP contribution in [0.3, 0.4) is 0 Å². The van der Waals surface area contributed by atoms with E-state index in [2.05, 4.69) is 15.9 Å². The predicted molar refractivity (Wildman–Crippen MR) is 78.2 cm³/mol. The Hall–Kier alpha value is -0.840. The number of aliphatic hydroxyl groups is 1. The first-order valence-electron chi connectivity index (χ1n) is 5.71. The second-order valence-corrected chi connectivity index (χ2v) is 6.04. The number of aliphatic hydroxyl groups excluding tert-OH is 1. The number of benzene rings is 1. The summed E-state index contributed by atoms with van der Waals surface area (Å²) in [5, 5.41) is 11.5. The lowest BCUT2D eigenvalue weighted by Gasteiger charge is -2.11. The molecule has 1 heterocycles. The van der Waals surface area contributed by atoms with E-state index in [1.54, 1.807) is 18.3 Å². The normalized spacial score (nSPS) is 12.4. The number of hydrogen-bond donors (Lipinski definition) is 1. The molecule has 0 spiro atoms.